The minimum absolute atomic E-state index is 0.00555. The second kappa shape index (κ2) is 17.4. The number of likely N-dealkylation sites (N-methyl/N-ethyl adjacent to an activating group) is 2. The maximum Gasteiger partial charge on any atom is 0.459 e. The molecule has 1 saturated carbocycles. The Hall–Kier alpha value is -4.79. The Kier molecular flexibility index (Phi) is 13.3. The van der Waals surface area contributed by atoms with Crippen LogP contribution in [0.3, 0.4) is 0 Å². The van der Waals surface area contributed by atoms with Crippen molar-refractivity contribution in [3.63, 3.8) is 0 Å². The van der Waals surface area contributed by atoms with Crippen molar-refractivity contribution in [2.45, 2.75) is 39.5 Å². The number of carbonyl (C=O) groups excluding carboxylic acids is 2. The standard InChI is InChI=1S/C33H43N9O2/c1-6-15-37-32-26(21-38-33(40-32)39-28-14-13-25(20-35-3)29(34)19-28)11-8-7-9-16-36-30(43)23-42(5)31(44)12-10-17-41(4)22-27-18-24(27)2/h10,12-14,19,24,27H,6-7,9,15-18,22-23H2,1-5H3,(H3,34,36,37,39,40,43)/p+2/b12-10+/t24?,27-/m0/s1. The molecule has 0 bridgehead atoms. The second-order valence-corrected chi connectivity index (χ2v) is 11.1. The van der Waals surface area contributed by atoms with E-state index in [-0.39, 0.29) is 18.4 Å². The van der Waals surface area contributed by atoms with E-state index in [0.29, 0.717) is 54.6 Å². The van der Waals surface area contributed by atoms with Gasteiger partial charge in [-0.2, -0.15) is 4.67 Å². The van der Waals surface area contributed by atoms with Crippen molar-refractivity contribution in [1.82, 2.24) is 25.1 Å². The monoisotopic (exact) mass is 599 g/mol. The van der Waals surface area contributed by atoms with Gasteiger partial charge in [-0.05, 0) is 56.2 Å². The fourth-order valence-electron chi connectivity index (χ4n) is 4.35. The Bertz CT molecular complexity index is 1490. The van der Waals surface area contributed by atoms with Crippen molar-refractivity contribution in [2.75, 3.05) is 64.9 Å². The molecule has 1 unspecified atom stereocenters. The second-order valence-electron chi connectivity index (χ2n) is 11.1. The first-order valence-corrected chi connectivity index (χ1v) is 15.1. The zero-order valence-electron chi connectivity index (χ0n) is 26.5. The highest BCUT2D eigenvalue weighted by atomic mass is 16.2. The number of unbranched alkanes of at least 4 members (excludes halogenated alkanes) is 1. The van der Waals surface area contributed by atoms with E-state index < -0.39 is 0 Å². The molecule has 2 atom stereocenters. The third kappa shape index (κ3) is 11.5. The molecule has 44 heavy (non-hydrogen) atoms. The van der Waals surface area contributed by atoms with E-state index >= 15 is 0 Å². The van der Waals surface area contributed by atoms with Crippen molar-refractivity contribution in [2.24, 2.45) is 16.8 Å². The van der Waals surface area contributed by atoms with Gasteiger partial charge in [0.1, 0.15) is 11.3 Å². The fourth-order valence-corrected chi connectivity index (χ4v) is 4.35. The summed E-state index contributed by atoms with van der Waals surface area (Å²) in [6.45, 7) is 7.18. The highest BCUT2D eigenvalue weighted by molar-refractivity contribution is 6.20. The fraction of sp³-hybridized carbons (Fsp3) is 0.485. The number of nitrogens with zero attached hydrogens (tertiary/aromatic N) is 5. The molecule has 0 spiro atoms. The number of rotatable bonds is 13. The number of nitrogens with two attached hydrogens (primary N) is 1. The van der Waals surface area contributed by atoms with E-state index in [4.69, 9.17) is 5.73 Å². The number of hydrogen-bond donors (Lipinski definition) is 4. The molecule has 5 N–H and O–H groups in total. The average Bonchev–Trinajstić information content (AvgIpc) is 3.69. The largest absolute Gasteiger partial charge is 0.459 e. The van der Waals surface area contributed by atoms with Gasteiger partial charge in [-0.3, -0.25) is 14.6 Å². The molecule has 1 aliphatic carbocycles. The summed E-state index contributed by atoms with van der Waals surface area (Å²) < 4.78 is 4.33. The van der Waals surface area contributed by atoms with Crippen LogP contribution in [0.15, 0.2) is 40.9 Å². The minimum atomic E-state index is -0.203. The number of aliphatic imine (C=N–C) groups is 1. The predicted molar refractivity (Wildman–Crippen MR) is 180 cm³/mol. The molecule has 11 heteroatoms. The lowest BCUT2D eigenvalue weighted by Crippen LogP contribution is -2.41. The molecule has 0 saturated heterocycles. The van der Waals surface area contributed by atoms with Crippen LogP contribution in [0.25, 0.3) is 4.85 Å². The maximum atomic E-state index is 12.3. The molecule has 0 aromatic heterocycles. The van der Waals surface area contributed by atoms with Gasteiger partial charge < -0.3 is 20.9 Å². The van der Waals surface area contributed by atoms with Crippen LogP contribution in [-0.4, -0.2) is 93.1 Å². The van der Waals surface area contributed by atoms with Crippen LogP contribution in [0, 0.1) is 29.7 Å². The normalized spacial score (nSPS) is 17.5. The SMILES string of the molecule is CCCN=C1NC(Nc2ccc(C#[N+]C)c(N)c2)=[N+]=C=C1C#CCCCNC(=O)CN(C)C(=O)/C=C/CN(C)C[C@@H]1CC1C. The Morgan fingerprint density at radius 3 is 2.84 bits per heavy atom. The third-order valence-corrected chi connectivity index (χ3v) is 7.06. The van der Waals surface area contributed by atoms with Gasteiger partial charge in [0.2, 0.25) is 17.6 Å². The lowest BCUT2D eigenvalue weighted by Gasteiger charge is -2.16. The smallest absolute Gasteiger partial charge is 0.397 e. The molecular weight excluding hydrogens is 554 g/mol. The van der Waals surface area contributed by atoms with E-state index in [1.807, 2.05) is 18.2 Å². The van der Waals surface area contributed by atoms with Crippen LogP contribution in [0.1, 0.15) is 45.1 Å². The van der Waals surface area contributed by atoms with Crippen LogP contribution in [0.4, 0.5) is 11.4 Å². The molecule has 1 aliphatic heterocycles. The summed E-state index contributed by atoms with van der Waals surface area (Å²) in [5.74, 6) is 11.4. The number of amides is 2. The molecule has 1 aromatic rings. The van der Waals surface area contributed by atoms with E-state index in [1.54, 1.807) is 20.2 Å². The maximum absolute atomic E-state index is 12.3. The molecule has 2 aliphatic rings. The Morgan fingerprint density at radius 1 is 1.34 bits per heavy atom. The first-order chi connectivity index (χ1) is 21.2. The summed E-state index contributed by atoms with van der Waals surface area (Å²) in [5, 5.41) is 9.22. The van der Waals surface area contributed by atoms with Crippen molar-refractivity contribution in [3.05, 3.63) is 46.3 Å². The summed E-state index contributed by atoms with van der Waals surface area (Å²) >= 11 is 0. The summed E-state index contributed by atoms with van der Waals surface area (Å²) in [7, 11) is 5.33. The Labute approximate surface area is 260 Å². The number of amidine groups is 1. The molecule has 11 nitrogen and oxygen atoms in total. The van der Waals surface area contributed by atoms with Gasteiger partial charge >= 0.3 is 12.0 Å². The number of carbonyl (C=O) groups is 2. The minimum Gasteiger partial charge on any atom is -0.397 e. The highest BCUT2D eigenvalue weighted by Gasteiger charge is 2.32. The third-order valence-electron chi connectivity index (χ3n) is 7.06. The molecule has 2 amide bonds. The Balaban J connectivity index is 1.45. The molecule has 1 heterocycles. The summed E-state index contributed by atoms with van der Waals surface area (Å²) in [6, 6.07) is 8.31. The summed E-state index contributed by atoms with van der Waals surface area (Å²) in [6.07, 6.45) is 6.80. The van der Waals surface area contributed by atoms with E-state index in [1.165, 1.54) is 17.4 Å². The quantitative estimate of drug-likeness (QED) is 0.0901. The van der Waals surface area contributed by atoms with E-state index in [2.05, 4.69) is 80.0 Å². The van der Waals surface area contributed by atoms with Gasteiger partial charge in [0.05, 0.1) is 12.2 Å². The number of nitrogens with one attached hydrogen (secondary N) is 3. The number of benzene rings is 1. The Morgan fingerprint density at radius 2 is 2.14 bits per heavy atom. The van der Waals surface area contributed by atoms with E-state index in [9.17, 15) is 9.59 Å². The first-order valence-electron chi connectivity index (χ1n) is 15.1. The van der Waals surface area contributed by atoms with E-state index in [0.717, 1.165) is 37.0 Å². The highest BCUT2D eigenvalue weighted by Crippen LogP contribution is 2.37. The van der Waals surface area contributed by atoms with Gasteiger partial charge in [0.25, 0.3) is 7.05 Å². The predicted octanol–water partition coefficient (Wildman–Crippen LogP) is 1.92. The van der Waals surface area contributed by atoms with Crippen LogP contribution in [0.2, 0.25) is 0 Å². The van der Waals surface area contributed by atoms with Crippen LogP contribution >= 0.6 is 0 Å². The molecule has 0 radical (unpaired) electrons. The van der Waals surface area contributed by atoms with Crippen molar-refractivity contribution >= 4 is 40.9 Å². The van der Waals surface area contributed by atoms with Gasteiger partial charge in [-0.15, -0.1) is 0 Å². The topological polar surface area (TPSA) is 134 Å². The van der Waals surface area contributed by atoms with Crippen LogP contribution in [-0.2, 0) is 9.59 Å². The van der Waals surface area contributed by atoms with Gasteiger partial charge in [-0.25, -0.2) is 10.6 Å². The van der Waals surface area contributed by atoms with Crippen molar-refractivity contribution < 1.29 is 9.59 Å². The van der Waals surface area contributed by atoms with Gasteiger partial charge in [0, 0.05) is 51.8 Å². The number of anilines is 2. The molecule has 232 valence electrons. The van der Waals surface area contributed by atoms with Crippen molar-refractivity contribution in [3.8, 4) is 17.9 Å². The molecule has 1 fully saturated rings. The number of hydrogen-bond acceptors (Lipinski definition) is 6. The zero-order chi connectivity index (χ0) is 31.9. The van der Waals surface area contributed by atoms with Crippen molar-refractivity contribution in [1.29, 1.82) is 0 Å². The molecule has 3 rings (SSSR count). The first kappa shape index (κ1) is 33.7. The lowest BCUT2D eigenvalue weighted by molar-refractivity contribution is -0.131. The number of nitrogen functional groups attached to an aromatic ring is 1. The zero-order valence-corrected chi connectivity index (χ0v) is 26.5. The molecular formula is C33H45N9O2+2. The number of guanidine groups is 1. The molecule has 1 aromatic carbocycles. The summed E-state index contributed by atoms with van der Waals surface area (Å²) in [4.78, 5) is 36.7. The van der Waals surface area contributed by atoms with Crippen LogP contribution in [0.5, 0.6) is 0 Å². The lowest BCUT2D eigenvalue weighted by atomic mass is 10.2. The van der Waals surface area contributed by atoms with Gasteiger partial charge in [-0.1, -0.05) is 30.7 Å². The van der Waals surface area contributed by atoms with Crippen LogP contribution < -0.4 is 26.4 Å². The average molecular weight is 600 g/mol. The summed E-state index contributed by atoms with van der Waals surface area (Å²) in [5.41, 5.74) is 8.66. The van der Waals surface area contributed by atoms with Gasteiger partial charge in [0.15, 0.2) is 11.4 Å².